The fourth-order valence-corrected chi connectivity index (χ4v) is 5.48. The van der Waals surface area contributed by atoms with Gasteiger partial charge in [-0.2, -0.15) is 0 Å². The van der Waals surface area contributed by atoms with Crippen LogP contribution in [0.5, 0.6) is 17.2 Å². The van der Waals surface area contributed by atoms with E-state index in [0.717, 1.165) is 9.87 Å². The summed E-state index contributed by atoms with van der Waals surface area (Å²) in [6, 6.07) is 18.6. The molecule has 10 nitrogen and oxygen atoms in total. The first-order valence-electron chi connectivity index (χ1n) is 12.7. The van der Waals surface area contributed by atoms with Crippen LogP contribution in [0.4, 0.5) is 5.69 Å². The number of nitrogens with zero attached hydrogens (tertiary/aromatic N) is 2. The Kier molecular flexibility index (Phi) is 10.4. The Labute approximate surface area is 235 Å². The number of carbonyl (C=O) groups is 2. The van der Waals surface area contributed by atoms with Crippen molar-refractivity contribution in [2.75, 3.05) is 38.7 Å². The van der Waals surface area contributed by atoms with E-state index >= 15 is 0 Å². The highest BCUT2D eigenvalue weighted by Crippen LogP contribution is 2.33. The molecule has 0 saturated carbocycles. The maximum absolute atomic E-state index is 14.0. The van der Waals surface area contributed by atoms with E-state index in [1.165, 1.54) is 43.4 Å². The largest absolute Gasteiger partial charge is 0.497 e. The predicted octanol–water partition coefficient (Wildman–Crippen LogP) is 3.46. The average molecular weight is 570 g/mol. The minimum absolute atomic E-state index is 0.0366. The molecule has 0 aliphatic carbocycles. The second-order valence-corrected chi connectivity index (χ2v) is 10.7. The van der Waals surface area contributed by atoms with Crippen molar-refractivity contribution in [3.8, 4) is 17.2 Å². The molecule has 11 heteroatoms. The predicted molar refractivity (Wildman–Crippen MR) is 152 cm³/mol. The number of ether oxygens (including phenoxy) is 3. The molecule has 3 aromatic carbocycles. The number of methoxy groups -OCH3 is 3. The van der Waals surface area contributed by atoms with Crippen molar-refractivity contribution in [2.24, 2.45) is 0 Å². The fourth-order valence-electron chi connectivity index (χ4n) is 4.06. The standard InChI is InChI=1S/C29H35N3O7S/c1-6-30-29(34)21(2)31(19-22-11-13-23(37-3)14-12-22)28(33)20-32(26-9-7-8-10-27(26)39-5)40(35,36)25-17-15-24(38-4)16-18-25/h7-18,21H,6,19-20H2,1-5H3,(H,30,34)/t21-/m1/s1. The van der Waals surface area contributed by atoms with Crippen LogP contribution in [0.1, 0.15) is 19.4 Å². The van der Waals surface area contributed by atoms with Gasteiger partial charge in [-0.05, 0) is 67.9 Å². The molecule has 3 aromatic rings. The van der Waals surface area contributed by atoms with Crippen molar-refractivity contribution in [3.63, 3.8) is 0 Å². The van der Waals surface area contributed by atoms with Gasteiger partial charge < -0.3 is 24.4 Å². The first-order chi connectivity index (χ1) is 19.2. The van der Waals surface area contributed by atoms with Crippen LogP contribution in [0, 0.1) is 0 Å². The van der Waals surface area contributed by atoms with Crippen LogP contribution in [0.2, 0.25) is 0 Å². The van der Waals surface area contributed by atoms with Crippen LogP contribution >= 0.6 is 0 Å². The first-order valence-corrected chi connectivity index (χ1v) is 14.1. The topological polar surface area (TPSA) is 114 Å². The Morgan fingerprint density at radius 3 is 1.98 bits per heavy atom. The number of rotatable bonds is 13. The lowest BCUT2D eigenvalue weighted by molar-refractivity contribution is -0.139. The maximum atomic E-state index is 14.0. The molecule has 1 atom stereocenters. The Balaban J connectivity index is 2.05. The van der Waals surface area contributed by atoms with Gasteiger partial charge in [-0.1, -0.05) is 24.3 Å². The van der Waals surface area contributed by atoms with Crippen LogP contribution in [0.3, 0.4) is 0 Å². The third-order valence-corrected chi connectivity index (χ3v) is 8.08. The summed E-state index contributed by atoms with van der Waals surface area (Å²) in [5.41, 5.74) is 0.927. The lowest BCUT2D eigenvalue weighted by atomic mass is 10.1. The number of amides is 2. The van der Waals surface area contributed by atoms with Crippen LogP contribution in [0.25, 0.3) is 0 Å². The van der Waals surface area contributed by atoms with E-state index in [4.69, 9.17) is 14.2 Å². The van der Waals surface area contributed by atoms with Crippen molar-refractivity contribution in [1.29, 1.82) is 0 Å². The van der Waals surface area contributed by atoms with Gasteiger partial charge in [0.2, 0.25) is 11.8 Å². The SMILES string of the molecule is CCNC(=O)[C@@H](C)N(Cc1ccc(OC)cc1)C(=O)CN(c1ccccc1OC)S(=O)(=O)c1ccc(OC)cc1. The summed E-state index contributed by atoms with van der Waals surface area (Å²) >= 11 is 0. The van der Waals surface area contributed by atoms with E-state index in [-0.39, 0.29) is 28.8 Å². The summed E-state index contributed by atoms with van der Waals surface area (Å²) in [7, 11) is 0.213. The van der Waals surface area contributed by atoms with Crippen molar-refractivity contribution in [1.82, 2.24) is 10.2 Å². The molecule has 0 aromatic heterocycles. The molecule has 2 amide bonds. The summed E-state index contributed by atoms with van der Waals surface area (Å²) < 4.78 is 44.7. The van der Waals surface area contributed by atoms with Gasteiger partial charge >= 0.3 is 0 Å². The number of anilines is 1. The number of benzene rings is 3. The average Bonchev–Trinajstić information content (AvgIpc) is 2.98. The highest BCUT2D eigenvalue weighted by molar-refractivity contribution is 7.92. The van der Waals surface area contributed by atoms with E-state index < -0.39 is 28.5 Å². The molecule has 0 spiro atoms. The van der Waals surface area contributed by atoms with Crippen LogP contribution in [-0.4, -0.2) is 65.6 Å². The van der Waals surface area contributed by atoms with Crippen molar-refractivity contribution < 1.29 is 32.2 Å². The molecule has 3 rings (SSSR count). The zero-order chi connectivity index (χ0) is 29.3. The highest BCUT2D eigenvalue weighted by atomic mass is 32.2. The Hall–Kier alpha value is -4.25. The number of likely N-dealkylation sites (N-methyl/N-ethyl adjacent to an activating group) is 1. The van der Waals surface area contributed by atoms with E-state index in [9.17, 15) is 18.0 Å². The van der Waals surface area contributed by atoms with Gasteiger partial charge in [0.15, 0.2) is 0 Å². The first kappa shape index (κ1) is 30.3. The molecule has 1 N–H and O–H groups in total. The highest BCUT2D eigenvalue weighted by Gasteiger charge is 2.33. The smallest absolute Gasteiger partial charge is 0.264 e. The second-order valence-electron chi connectivity index (χ2n) is 8.80. The monoisotopic (exact) mass is 569 g/mol. The third kappa shape index (κ3) is 7.03. The molecule has 0 unspecified atom stereocenters. The Morgan fingerprint density at radius 2 is 1.43 bits per heavy atom. The quantitative estimate of drug-likeness (QED) is 0.335. The minimum atomic E-state index is -4.25. The second kappa shape index (κ2) is 13.7. The molecule has 0 radical (unpaired) electrons. The number of hydrogen-bond donors (Lipinski definition) is 1. The van der Waals surface area contributed by atoms with Gasteiger partial charge in [-0.15, -0.1) is 0 Å². The minimum Gasteiger partial charge on any atom is -0.497 e. The van der Waals surface area contributed by atoms with E-state index in [1.54, 1.807) is 69.5 Å². The molecular weight excluding hydrogens is 534 g/mol. The molecular formula is C29H35N3O7S. The van der Waals surface area contributed by atoms with Crippen LogP contribution in [-0.2, 0) is 26.2 Å². The molecule has 0 aliphatic heterocycles. The van der Waals surface area contributed by atoms with Gasteiger partial charge in [-0.25, -0.2) is 8.42 Å². The summed E-state index contributed by atoms with van der Waals surface area (Å²) in [6.45, 7) is 3.27. The van der Waals surface area contributed by atoms with E-state index in [0.29, 0.717) is 18.0 Å². The zero-order valence-electron chi connectivity index (χ0n) is 23.3. The molecule has 0 heterocycles. The maximum Gasteiger partial charge on any atom is 0.264 e. The number of hydrogen-bond acceptors (Lipinski definition) is 7. The molecule has 0 saturated heterocycles. The van der Waals surface area contributed by atoms with Crippen molar-refractivity contribution in [3.05, 3.63) is 78.4 Å². The molecule has 214 valence electrons. The third-order valence-electron chi connectivity index (χ3n) is 6.31. The van der Waals surface area contributed by atoms with E-state index in [2.05, 4.69) is 5.32 Å². The zero-order valence-corrected chi connectivity index (χ0v) is 24.1. The van der Waals surface area contributed by atoms with Gasteiger partial charge in [-0.3, -0.25) is 13.9 Å². The van der Waals surface area contributed by atoms with Gasteiger partial charge in [0, 0.05) is 13.1 Å². The summed E-state index contributed by atoms with van der Waals surface area (Å²) in [5, 5.41) is 2.74. The summed E-state index contributed by atoms with van der Waals surface area (Å²) in [5.74, 6) is 0.473. The molecule has 0 aliphatic rings. The molecule has 40 heavy (non-hydrogen) atoms. The van der Waals surface area contributed by atoms with Crippen molar-refractivity contribution >= 4 is 27.5 Å². The number of nitrogens with one attached hydrogen (secondary N) is 1. The molecule has 0 fully saturated rings. The Bertz CT molecular complexity index is 1390. The lowest BCUT2D eigenvalue weighted by Gasteiger charge is -2.32. The van der Waals surface area contributed by atoms with Crippen molar-refractivity contribution in [2.45, 2.75) is 31.3 Å². The van der Waals surface area contributed by atoms with Crippen LogP contribution in [0.15, 0.2) is 77.7 Å². The fraction of sp³-hybridized carbons (Fsp3) is 0.310. The van der Waals surface area contributed by atoms with Gasteiger partial charge in [0.05, 0.1) is 31.9 Å². The lowest BCUT2D eigenvalue weighted by Crippen LogP contribution is -2.51. The number of para-hydroxylation sites is 2. The van der Waals surface area contributed by atoms with Crippen LogP contribution < -0.4 is 23.8 Å². The van der Waals surface area contributed by atoms with E-state index in [1.807, 2.05) is 0 Å². The Morgan fingerprint density at radius 1 is 0.850 bits per heavy atom. The normalized spacial score (nSPS) is 11.7. The summed E-state index contributed by atoms with van der Waals surface area (Å²) in [4.78, 5) is 28.1. The molecule has 0 bridgehead atoms. The van der Waals surface area contributed by atoms with Gasteiger partial charge in [0.1, 0.15) is 29.8 Å². The summed E-state index contributed by atoms with van der Waals surface area (Å²) in [6.07, 6.45) is 0. The number of sulfonamides is 1. The van der Waals surface area contributed by atoms with Gasteiger partial charge in [0.25, 0.3) is 10.0 Å². The number of carbonyl (C=O) groups excluding carboxylic acids is 2.